The maximum atomic E-state index is 12.5. The van der Waals surface area contributed by atoms with Crippen molar-refractivity contribution in [3.05, 3.63) is 64.7 Å². The van der Waals surface area contributed by atoms with E-state index in [4.69, 9.17) is 4.74 Å². The number of benzene rings is 2. The summed E-state index contributed by atoms with van der Waals surface area (Å²) in [4.78, 5) is 12.5. The van der Waals surface area contributed by atoms with Crippen molar-refractivity contribution in [3.63, 3.8) is 0 Å². The lowest BCUT2D eigenvalue weighted by Gasteiger charge is -2.20. The molecule has 1 atom stereocenters. The lowest BCUT2D eigenvalue weighted by molar-refractivity contribution is 0.0935. The summed E-state index contributed by atoms with van der Waals surface area (Å²) in [5.74, 6) is 0.609. The van der Waals surface area contributed by atoms with Crippen LogP contribution in [0.4, 0.5) is 0 Å². The molecule has 22 heavy (non-hydrogen) atoms. The molecule has 0 aromatic heterocycles. The third-order valence-corrected chi connectivity index (χ3v) is 3.85. The first-order valence-corrected chi connectivity index (χ1v) is 7.57. The van der Waals surface area contributed by atoms with E-state index < -0.39 is 0 Å². The highest BCUT2D eigenvalue weighted by molar-refractivity contribution is 5.94. The van der Waals surface area contributed by atoms with E-state index in [2.05, 4.69) is 44.3 Å². The van der Waals surface area contributed by atoms with Gasteiger partial charge < -0.3 is 10.1 Å². The van der Waals surface area contributed by atoms with Gasteiger partial charge in [0.2, 0.25) is 0 Å². The quantitative estimate of drug-likeness (QED) is 0.898. The number of ether oxygens (including phenoxy) is 1. The van der Waals surface area contributed by atoms with Crippen LogP contribution in [0.15, 0.2) is 42.5 Å². The van der Waals surface area contributed by atoms with Gasteiger partial charge in [-0.05, 0) is 49.6 Å². The summed E-state index contributed by atoms with van der Waals surface area (Å²) >= 11 is 0. The number of aryl methyl sites for hydroxylation is 2. The molecule has 0 aliphatic rings. The van der Waals surface area contributed by atoms with Gasteiger partial charge in [-0.25, -0.2) is 0 Å². The van der Waals surface area contributed by atoms with Gasteiger partial charge in [0.1, 0.15) is 5.75 Å². The Bertz CT molecular complexity index is 664. The molecule has 2 rings (SSSR count). The van der Waals surface area contributed by atoms with Gasteiger partial charge in [0, 0.05) is 5.56 Å². The minimum atomic E-state index is -0.0780. The number of amides is 1. The Balaban J connectivity index is 2.20. The van der Waals surface area contributed by atoms with E-state index in [-0.39, 0.29) is 11.9 Å². The minimum Gasteiger partial charge on any atom is -0.497 e. The Hall–Kier alpha value is -2.29. The zero-order valence-corrected chi connectivity index (χ0v) is 13.6. The third-order valence-electron chi connectivity index (χ3n) is 3.85. The fourth-order valence-corrected chi connectivity index (χ4v) is 2.62. The number of carbonyl (C=O) groups excluding carboxylic acids is 1. The molecule has 3 heteroatoms. The highest BCUT2D eigenvalue weighted by Crippen LogP contribution is 2.22. The molecule has 2 aromatic rings. The molecule has 0 heterocycles. The van der Waals surface area contributed by atoms with Crippen LogP contribution in [-0.4, -0.2) is 13.0 Å². The number of hydrogen-bond acceptors (Lipinski definition) is 2. The SMILES string of the molecule is CC[C@@H](NC(=O)c1cccc(OC)c1)c1ccc(C)cc1C. The van der Waals surface area contributed by atoms with Crippen LogP contribution in [0.25, 0.3) is 0 Å². The highest BCUT2D eigenvalue weighted by atomic mass is 16.5. The van der Waals surface area contributed by atoms with Gasteiger partial charge in [-0.2, -0.15) is 0 Å². The molecular weight excluding hydrogens is 274 g/mol. The zero-order valence-electron chi connectivity index (χ0n) is 13.6. The van der Waals surface area contributed by atoms with Crippen LogP contribution >= 0.6 is 0 Å². The third kappa shape index (κ3) is 3.67. The van der Waals surface area contributed by atoms with Gasteiger partial charge in [0.15, 0.2) is 0 Å². The monoisotopic (exact) mass is 297 g/mol. The maximum Gasteiger partial charge on any atom is 0.251 e. The van der Waals surface area contributed by atoms with Crippen molar-refractivity contribution >= 4 is 5.91 Å². The molecule has 0 bridgehead atoms. The number of methoxy groups -OCH3 is 1. The molecule has 1 N–H and O–H groups in total. The van der Waals surface area contributed by atoms with Crippen molar-refractivity contribution < 1.29 is 9.53 Å². The van der Waals surface area contributed by atoms with E-state index >= 15 is 0 Å². The molecule has 2 aromatic carbocycles. The fraction of sp³-hybridized carbons (Fsp3) is 0.316. The summed E-state index contributed by atoms with van der Waals surface area (Å²) in [5, 5.41) is 3.12. The molecule has 1 amide bonds. The number of hydrogen-bond donors (Lipinski definition) is 1. The van der Waals surface area contributed by atoms with Crippen LogP contribution < -0.4 is 10.1 Å². The first-order valence-electron chi connectivity index (χ1n) is 7.57. The van der Waals surface area contributed by atoms with Gasteiger partial charge in [0.25, 0.3) is 5.91 Å². The van der Waals surface area contributed by atoms with E-state index in [9.17, 15) is 4.79 Å². The highest BCUT2D eigenvalue weighted by Gasteiger charge is 2.16. The topological polar surface area (TPSA) is 38.3 Å². The number of nitrogens with one attached hydrogen (secondary N) is 1. The van der Waals surface area contributed by atoms with Gasteiger partial charge >= 0.3 is 0 Å². The molecule has 0 aliphatic heterocycles. The molecule has 116 valence electrons. The summed E-state index contributed by atoms with van der Waals surface area (Å²) < 4.78 is 5.17. The van der Waals surface area contributed by atoms with E-state index in [1.165, 1.54) is 16.7 Å². The Morgan fingerprint density at radius 1 is 1.18 bits per heavy atom. The second kappa shape index (κ2) is 7.12. The summed E-state index contributed by atoms with van der Waals surface area (Å²) in [6, 6.07) is 13.6. The van der Waals surface area contributed by atoms with E-state index in [1.807, 2.05) is 12.1 Å². The largest absolute Gasteiger partial charge is 0.497 e. The van der Waals surface area contributed by atoms with Crippen molar-refractivity contribution in [1.82, 2.24) is 5.32 Å². The second-order valence-electron chi connectivity index (χ2n) is 5.53. The average Bonchev–Trinajstić information content (AvgIpc) is 2.53. The van der Waals surface area contributed by atoms with E-state index in [0.717, 1.165) is 6.42 Å². The van der Waals surface area contributed by atoms with Crippen LogP contribution in [0.1, 0.15) is 46.4 Å². The predicted octanol–water partition coefficient (Wildman–Crippen LogP) is 4.19. The van der Waals surface area contributed by atoms with E-state index in [1.54, 1.807) is 19.2 Å². The zero-order chi connectivity index (χ0) is 16.1. The van der Waals surface area contributed by atoms with Crippen molar-refractivity contribution in [2.24, 2.45) is 0 Å². The Kier molecular flexibility index (Phi) is 5.21. The summed E-state index contributed by atoms with van der Waals surface area (Å²) in [6.45, 7) is 6.24. The number of carbonyl (C=O) groups is 1. The smallest absolute Gasteiger partial charge is 0.251 e. The van der Waals surface area contributed by atoms with Crippen LogP contribution in [-0.2, 0) is 0 Å². The average molecular weight is 297 g/mol. The van der Waals surface area contributed by atoms with Crippen LogP contribution in [0.5, 0.6) is 5.75 Å². The molecule has 0 saturated carbocycles. The first-order chi connectivity index (χ1) is 10.5. The molecule has 3 nitrogen and oxygen atoms in total. The first kappa shape index (κ1) is 16.1. The van der Waals surface area contributed by atoms with E-state index in [0.29, 0.717) is 11.3 Å². The summed E-state index contributed by atoms with van der Waals surface area (Å²) in [7, 11) is 1.60. The lowest BCUT2D eigenvalue weighted by atomic mass is 9.97. The molecule has 0 radical (unpaired) electrons. The summed E-state index contributed by atoms with van der Waals surface area (Å²) in [6.07, 6.45) is 0.847. The van der Waals surface area contributed by atoms with Gasteiger partial charge in [0.05, 0.1) is 13.2 Å². The van der Waals surface area contributed by atoms with Crippen LogP contribution in [0.3, 0.4) is 0 Å². The van der Waals surface area contributed by atoms with Crippen LogP contribution in [0, 0.1) is 13.8 Å². The normalized spacial score (nSPS) is 11.8. The van der Waals surface area contributed by atoms with Gasteiger partial charge in [-0.3, -0.25) is 4.79 Å². The van der Waals surface area contributed by atoms with Crippen LogP contribution in [0.2, 0.25) is 0 Å². The van der Waals surface area contributed by atoms with Crippen molar-refractivity contribution in [2.45, 2.75) is 33.2 Å². The maximum absolute atomic E-state index is 12.5. The second-order valence-corrected chi connectivity index (χ2v) is 5.53. The summed E-state index contributed by atoms with van der Waals surface area (Å²) in [5.41, 5.74) is 4.22. The van der Waals surface area contributed by atoms with Crippen molar-refractivity contribution in [3.8, 4) is 5.75 Å². The fourth-order valence-electron chi connectivity index (χ4n) is 2.62. The lowest BCUT2D eigenvalue weighted by Crippen LogP contribution is -2.28. The number of rotatable bonds is 5. The predicted molar refractivity (Wildman–Crippen MR) is 89.4 cm³/mol. The molecule has 0 spiro atoms. The molecule has 0 unspecified atom stereocenters. The Labute approximate surface area is 132 Å². The molecule has 0 aliphatic carbocycles. The standard InChI is InChI=1S/C19H23NO2/c1-5-18(17-10-9-13(2)11-14(17)3)20-19(21)15-7-6-8-16(12-15)22-4/h6-12,18H,5H2,1-4H3,(H,20,21)/t18-/m1/s1. The van der Waals surface area contributed by atoms with Gasteiger partial charge in [-0.1, -0.05) is 36.8 Å². The molecule has 0 saturated heterocycles. The Morgan fingerprint density at radius 3 is 2.59 bits per heavy atom. The van der Waals surface area contributed by atoms with Crippen molar-refractivity contribution in [2.75, 3.05) is 7.11 Å². The Morgan fingerprint density at radius 2 is 1.95 bits per heavy atom. The van der Waals surface area contributed by atoms with Gasteiger partial charge in [-0.15, -0.1) is 0 Å². The van der Waals surface area contributed by atoms with Crippen molar-refractivity contribution in [1.29, 1.82) is 0 Å². The molecule has 0 fully saturated rings. The minimum absolute atomic E-state index is 0.0132. The molecular formula is C19H23NO2.